The first-order valence-corrected chi connectivity index (χ1v) is 13.9. The lowest BCUT2D eigenvalue weighted by Crippen LogP contribution is -2.48. The van der Waals surface area contributed by atoms with Gasteiger partial charge in [-0.2, -0.15) is 0 Å². The average molecular weight is 600 g/mol. The summed E-state index contributed by atoms with van der Waals surface area (Å²) in [4.78, 5) is 44.5. The molecule has 222 valence electrons. The SMILES string of the molecule is COc1c(Nc2cc(NC(=O)C3CC3)nnc2C(=O)NC(O)(O)O)cccc1-c1ncc(C(=O)N2CCCC2CO)s1. The van der Waals surface area contributed by atoms with E-state index in [0.717, 1.165) is 37.0 Å². The zero-order valence-corrected chi connectivity index (χ0v) is 23.2. The number of likely N-dealkylation sites (tertiary alicyclic amines) is 1. The maximum Gasteiger partial charge on any atom is 0.369 e. The number of methoxy groups -OCH3 is 1. The maximum absolute atomic E-state index is 13.1. The van der Waals surface area contributed by atoms with E-state index >= 15 is 0 Å². The predicted molar refractivity (Wildman–Crippen MR) is 149 cm³/mol. The van der Waals surface area contributed by atoms with Gasteiger partial charge in [0.1, 0.15) is 9.88 Å². The fourth-order valence-electron chi connectivity index (χ4n) is 4.60. The number of aliphatic hydroxyl groups excluding tert-OH is 1. The van der Waals surface area contributed by atoms with Gasteiger partial charge in [-0.15, -0.1) is 21.5 Å². The van der Waals surface area contributed by atoms with Gasteiger partial charge in [0.25, 0.3) is 11.8 Å². The number of benzene rings is 1. The van der Waals surface area contributed by atoms with Crippen molar-refractivity contribution in [1.29, 1.82) is 0 Å². The number of carbonyl (C=O) groups is 3. The van der Waals surface area contributed by atoms with Crippen LogP contribution in [0.2, 0.25) is 0 Å². The second-order valence-corrected chi connectivity index (χ2v) is 10.9. The molecular weight excluding hydrogens is 570 g/mol. The zero-order valence-electron chi connectivity index (χ0n) is 22.4. The summed E-state index contributed by atoms with van der Waals surface area (Å²) in [5.74, 6) is -1.44. The van der Waals surface area contributed by atoms with Gasteiger partial charge in [-0.3, -0.25) is 19.7 Å². The fourth-order valence-corrected chi connectivity index (χ4v) is 5.50. The molecule has 1 aromatic carbocycles. The molecule has 0 bridgehead atoms. The van der Waals surface area contributed by atoms with E-state index in [1.165, 1.54) is 19.4 Å². The number of carbonyl (C=O) groups excluding carboxylic acids is 3. The van der Waals surface area contributed by atoms with Gasteiger partial charge in [-0.25, -0.2) is 4.98 Å². The van der Waals surface area contributed by atoms with Crippen molar-refractivity contribution >= 4 is 46.3 Å². The quantitative estimate of drug-likeness (QED) is 0.159. The van der Waals surface area contributed by atoms with Crippen LogP contribution in [0.3, 0.4) is 0 Å². The van der Waals surface area contributed by atoms with Crippen LogP contribution in [0.5, 0.6) is 5.75 Å². The number of thiazole rings is 1. The van der Waals surface area contributed by atoms with Crippen LogP contribution in [0, 0.1) is 5.92 Å². The van der Waals surface area contributed by atoms with Crippen LogP contribution in [0.15, 0.2) is 30.5 Å². The fraction of sp³-hybridized carbons (Fsp3) is 0.385. The zero-order chi connectivity index (χ0) is 30.0. The number of nitrogens with one attached hydrogen (secondary N) is 3. The van der Waals surface area contributed by atoms with E-state index in [2.05, 4.69) is 25.8 Å². The van der Waals surface area contributed by atoms with Crippen LogP contribution < -0.4 is 20.7 Å². The molecule has 3 heterocycles. The molecule has 2 fully saturated rings. The Morgan fingerprint density at radius 2 is 1.93 bits per heavy atom. The molecule has 1 saturated heterocycles. The largest absolute Gasteiger partial charge is 0.494 e. The molecule has 0 radical (unpaired) electrons. The van der Waals surface area contributed by atoms with Gasteiger partial charge in [0, 0.05) is 18.5 Å². The molecule has 3 aromatic rings. The van der Waals surface area contributed by atoms with Crippen molar-refractivity contribution in [3.8, 4) is 16.3 Å². The van der Waals surface area contributed by atoms with Crippen LogP contribution >= 0.6 is 11.3 Å². The van der Waals surface area contributed by atoms with Gasteiger partial charge < -0.3 is 40.7 Å². The number of anilines is 3. The molecule has 2 aliphatic rings. The highest BCUT2D eigenvalue weighted by Gasteiger charge is 2.32. The maximum atomic E-state index is 13.1. The lowest BCUT2D eigenvalue weighted by atomic mass is 10.1. The number of para-hydroxylation sites is 1. The monoisotopic (exact) mass is 599 g/mol. The number of hydrogen-bond acceptors (Lipinski definition) is 13. The van der Waals surface area contributed by atoms with Gasteiger partial charge in [0.15, 0.2) is 17.3 Å². The van der Waals surface area contributed by atoms with E-state index in [9.17, 15) is 34.8 Å². The van der Waals surface area contributed by atoms with E-state index in [-0.39, 0.29) is 41.9 Å². The molecule has 42 heavy (non-hydrogen) atoms. The molecule has 1 saturated carbocycles. The number of amides is 3. The number of nitrogens with zero attached hydrogens (tertiary/aromatic N) is 4. The normalized spacial score (nSPS) is 16.7. The first-order valence-electron chi connectivity index (χ1n) is 13.1. The predicted octanol–water partition coefficient (Wildman–Crippen LogP) is 0.616. The molecule has 16 heteroatoms. The van der Waals surface area contributed by atoms with E-state index in [1.54, 1.807) is 28.4 Å². The lowest BCUT2D eigenvalue weighted by Gasteiger charge is -2.21. The van der Waals surface area contributed by atoms with Crippen LogP contribution in [0.1, 0.15) is 45.8 Å². The summed E-state index contributed by atoms with van der Waals surface area (Å²) in [5, 5.41) is 52.7. The Balaban J connectivity index is 1.46. The van der Waals surface area contributed by atoms with Crippen LogP contribution in [-0.4, -0.2) is 90.6 Å². The highest BCUT2D eigenvalue weighted by atomic mass is 32.1. The minimum atomic E-state index is -3.52. The molecular formula is C26H29N7O8S. The first kappa shape index (κ1) is 29.3. The van der Waals surface area contributed by atoms with E-state index < -0.39 is 17.7 Å². The standard InChI is InChI=1S/C26H29N7O8S/c1-41-21-15(24-27-11-18(42-24)25(37)33-9-3-4-14(33)12-34)5-2-6-16(21)28-17-10-19(29-22(35)13-7-8-13)31-32-20(17)23(36)30-26(38,39)40/h2,5-6,10-11,13-14,34,38-40H,3-4,7-9,12H2,1H3,(H,30,36)(H2,28,29,31,35). The summed E-state index contributed by atoms with van der Waals surface area (Å²) in [6.45, 7) is 0.452. The molecule has 7 N–H and O–H groups in total. The summed E-state index contributed by atoms with van der Waals surface area (Å²) in [5.41, 5.74) is 0.428. The molecule has 5 rings (SSSR count). The molecule has 2 aromatic heterocycles. The summed E-state index contributed by atoms with van der Waals surface area (Å²) in [6.07, 6.45) is 1.02. The summed E-state index contributed by atoms with van der Waals surface area (Å²) in [7, 11) is 1.43. The van der Waals surface area contributed by atoms with Gasteiger partial charge in [0.05, 0.1) is 42.9 Å². The molecule has 1 atom stereocenters. The first-order chi connectivity index (χ1) is 20.1. The third-order valence-corrected chi connectivity index (χ3v) is 7.79. The van der Waals surface area contributed by atoms with Crippen molar-refractivity contribution < 1.29 is 39.5 Å². The van der Waals surface area contributed by atoms with Crippen LogP contribution in [-0.2, 0) is 4.79 Å². The molecule has 15 nitrogen and oxygen atoms in total. The molecule has 1 aliphatic carbocycles. The second-order valence-electron chi connectivity index (χ2n) is 9.86. The Bertz CT molecular complexity index is 1500. The summed E-state index contributed by atoms with van der Waals surface area (Å²) in [6, 6.07) is 6.17. The van der Waals surface area contributed by atoms with Crippen molar-refractivity contribution in [1.82, 2.24) is 25.4 Å². The van der Waals surface area contributed by atoms with Crippen LogP contribution in [0.4, 0.5) is 17.2 Å². The van der Waals surface area contributed by atoms with Crippen molar-refractivity contribution in [2.45, 2.75) is 37.8 Å². The molecule has 3 amide bonds. The Morgan fingerprint density at radius 1 is 1.14 bits per heavy atom. The number of rotatable bonds is 10. The molecule has 0 spiro atoms. The third kappa shape index (κ3) is 6.47. The van der Waals surface area contributed by atoms with Gasteiger partial charge in [0.2, 0.25) is 5.91 Å². The van der Waals surface area contributed by atoms with E-state index in [1.807, 2.05) is 0 Å². The van der Waals surface area contributed by atoms with Gasteiger partial charge in [-0.1, -0.05) is 6.07 Å². The number of aromatic nitrogens is 3. The van der Waals surface area contributed by atoms with Gasteiger partial charge in [-0.05, 0) is 37.8 Å². The Labute approximate surface area is 243 Å². The average Bonchev–Trinajstić information content (AvgIpc) is 3.49. The molecule has 1 unspecified atom stereocenters. The number of hydrogen-bond donors (Lipinski definition) is 7. The summed E-state index contributed by atoms with van der Waals surface area (Å²) < 4.78 is 5.67. The minimum absolute atomic E-state index is 0.00705. The smallest absolute Gasteiger partial charge is 0.369 e. The highest BCUT2D eigenvalue weighted by Crippen LogP contribution is 2.40. The highest BCUT2D eigenvalue weighted by molar-refractivity contribution is 7.17. The van der Waals surface area contributed by atoms with Crippen molar-refractivity contribution in [2.75, 3.05) is 30.9 Å². The minimum Gasteiger partial charge on any atom is -0.494 e. The molecule has 1 aliphatic heterocycles. The van der Waals surface area contributed by atoms with Gasteiger partial charge >= 0.3 is 6.10 Å². The van der Waals surface area contributed by atoms with Crippen molar-refractivity contribution in [3.63, 3.8) is 0 Å². The Kier molecular flexibility index (Phi) is 8.33. The van der Waals surface area contributed by atoms with Crippen LogP contribution in [0.25, 0.3) is 10.6 Å². The lowest BCUT2D eigenvalue weighted by molar-refractivity contribution is -0.323. The second kappa shape index (κ2) is 11.9. The summed E-state index contributed by atoms with van der Waals surface area (Å²) >= 11 is 1.16. The number of ether oxygens (including phenoxy) is 1. The van der Waals surface area contributed by atoms with Crippen molar-refractivity contribution in [3.05, 3.63) is 41.0 Å². The third-order valence-electron chi connectivity index (χ3n) is 6.77. The Morgan fingerprint density at radius 3 is 2.62 bits per heavy atom. The Hall–Kier alpha value is -4.22. The topological polar surface area (TPSA) is 219 Å². The number of aliphatic hydroxyl groups is 4. The van der Waals surface area contributed by atoms with E-state index in [0.29, 0.717) is 33.4 Å². The van der Waals surface area contributed by atoms with E-state index in [4.69, 9.17) is 4.74 Å². The van der Waals surface area contributed by atoms with Crippen molar-refractivity contribution in [2.24, 2.45) is 5.92 Å².